The molecule has 4 heterocycles. The summed E-state index contributed by atoms with van der Waals surface area (Å²) in [7, 11) is 0. The topological polar surface area (TPSA) is 104 Å². The molecule has 8 nitrogen and oxygen atoms in total. The van der Waals surface area contributed by atoms with Crippen molar-refractivity contribution < 1.29 is 4.52 Å². The van der Waals surface area contributed by atoms with Gasteiger partial charge in [0.15, 0.2) is 0 Å². The lowest BCUT2D eigenvalue weighted by Crippen LogP contribution is -2.27. The molecule has 3 aromatic heterocycles. The van der Waals surface area contributed by atoms with E-state index in [9.17, 15) is 0 Å². The maximum Gasteiger partial charge on any atom is 0.258 e. The Kier molecular flexibility index (Phi) is 7.14. The molecular formula is C24H23N7O. The SMILES string of the molecule is N#Cc1cccc(-c2nc(-c3cccnc3)no2)c1.c1cncc(N2CCCNCC2)c1. The second-order valence-electron chi connectivity index (χ2n) is 7.16. The van der Waals surface area contributed by atoms with Crippen molar-refractivity contribution >= 4 is 5.69 Å². The third-order valence-electron chi connectivity index (χ3n) is 4.94. The van der Waals surface area contributed by atoms with Crippen molar-refractivity contribution in [2.24, 2.45) is 0 Å². The third kappa shape index (κ3) is 5.53. The van der Waals surface area contributed by atoms with Crippen LogP contribution in [0.2, 0.25) is 0 Å². The molecule has 32 heavy (non-hydrogen) atoms. The van der Waals surface area contributed by atoms with Gasteiger partial charge in [0.25, 0.3) is 5.89 Å². The summed E-state index contributed by atoms with van der Waals surface area (Å²) in [6.45, 7) is 4.44. The highest BCUT2D eigenvalue weighted by Crippen LogP contribution is 2.22. The van der Waals surface area contributed by atoms with E-state index in [4.69, 9.17) is 9.78 Å². The summed E-state index contributed by atoms with van der Waals surface area (Å²) < 4.78 is 5.21. The highest BCUT2D eigenvalue weighted by molar-refractivity contribution is 5.60. The van der Waals surface area contributed by atoms with Crippen LogP contribution in [0.25, 0.3) is 22.8 Å². The Morgan fingerprint density at radius 3 is 2.56 bits per heavy atom. The van der Waals surface area contributed by atoms with Gasteiger partial charge in [-0.05, 0) is 55.4 Å². The van der Waals surface area contributed by atoms with Crippen LogP contribution >= 0.6 is 0 Å². The van der Waals surface area contributed by atoms with E-state index in [2.05, 4.69) is 42.5 Å². The summed E-state index contributed by atoms with van der Waals surface area (Å²) in [4.78, 5) is 14.8. The molecule has 160 valence electrons. The van der Waals surface area contributed by atoms with E-state index in [0.717, 1.165) is 37.3 Å². The highest BCUT2D eigenvalue weighted by atomic mass is 16.5. The molecule has 0 saturated carbocycles. The minimum absolute atomic E-state index is 0.385. The van der Waals surface area contributed by atoms with Crippen molar-refractivity contribution in [3.05, 3.63) is 78.9 Å². The smallest absolute Gasteiger partial charge is 0.258 e. The highest BCUT2D eigenvalue weighted by Gasteiger charge is 2.11. The average molecular weight is 425 g/mol. The maximum absolute atomic E-state index is 8.87. The molecule has 0 atom stereocenters. The van der Waals surface area contributed by atoms with Crippen LogP contribution in [-0.2, 0) is 0 Å². The van der Waals surface area contributed by atoms with Gasteiger partial charge in [-0.2, -0.15) is 10.2 Å². The Morgan fingerprint density at radius 2 is 1.78 bits per heavy atom. The van der Waals surface area contributed by atoms with Crippen LogP contribution in [0.1, 0.15) is 12.0 Å². The predicted molar refractivity (Wildman–Crippen MR) is 122 cm³/mol. The van der Waals surface area contributed by atoms with Gasteiger partial charge in [-0.25, -0.2) is 0 Å². The van der Waals surface area contributed by atoms with Crippen molar-refractivity contribution in [1.82, 2.24) is 25.4 Å². The van der Waals surface area contributed by atoms with Gasteiger partial charge in [-0.15, -0.1) is 0 Å². The van der Waals surface area contributed by atoms with Crippen molar-refractivity contribution in [2.75, 3.05) is 31.1 Å². The minimum atomic E-state index is 0.385. The molecule has 5 rings (SSSR count). The lowest BCUT2D eigenvalue weighted by Gasteiger charge is -2.21. The van der Waals surface area contributed by atoms with Crippen LogP contribution in [0.15, 0.2) is 77.8 Å². The van der Waals surface area contributed by atoms with Crippen LogP contribution in [0.3, 0.4) is 0 Å². The molecule has 1 aromatic carbocycles. The van der Waals surface area contributed by atoms with Crippen molar-refractivity contribution in [3.63, 3.8) is 0 Å². The molecule has 0 bridgehead atoms. The first-order chi connectivity index (χ1) is 15.8. The van der Waals surface area contributed by atoms with Gasteiger partial charge < -0.3 is 14.7 Å². The van der Waals surface area contributed by atoms with E-state index >= 15 is 0 Å². The molecule has 0 aliphatic carbocycles. The minimum Gasteiger partial charge on any atom is -0.369 e. The molecule has 1 aliphatic heterocycles. The van der Waals surface area contributed by atoms with Crippen LogP contribution in [0, 0.1) is 11.3 Å². The number of nitrogens with one attached hydrogen (secondary N) is 1. The zero-order valence-corrected chi connectivity index (χ0v) is 17.6. The van der Waals surface area contributed by atoms with E-state index in [1.165, 1.54) is 12.1 Å². The lowest BCUT2D eigenvalue weighted by molar-refractivity contribution is 0.432. The van der Waals surface area contributed by atoms with Gasteiger partial charge in [0.1, 0.15) is 0 Å². The Morgan fingerprint density at radius 1 is 0.938 bits per heavy atom. The number of nitriles is 1. The molecule has 1 N–H and O–H groups in total. The van der Waals surface area contributed by atoms with Gasteiger partial charge in [-0.3, -0.25) is 9.97 Å². The van der Waals surface area contributed by atoms with Crippen LogP contribution < -0.4 is 10.2 Å². The van der Waals surface area contributed by atoms with E-state index in [0.29, 0.717) is 17.3 Å². The fourth-order valence-electron chi connectivity index (χ4n) is 3.32. The molecule has 1 saturated heterocycles. The van der Waals surface area contributed by atoms with Crippen LogP contribution in [0.4, 0.5) is 5.69 Å². The summed E-state index contributed by atoms with van der Waals surface area (Å²) >= 11 is 0. The van der Waals surface area contributed by atoms with Gasteiger partial charge in [0, 0.05) is 49.4 Å². The largest absolute Gasteiger partial charge is 0.369 e. The van der Waals surface area contributed by atoms with E-state index in [1.54, 1.807) is 30.6 Å². The standard InChI is InChI=1S/C14H8N4O.C10H15N3/c15-8-10-3-1-4-11(7-10)14-17-13(18-19-14)12-5-2-6-16-9-12;1-3-10(9-12-4-1)13-7-2-5-11-6-8-13/h1-7,9H;1,3-4,9,11H,2,5-8H2. The number of rotatable bonds is 3. The van der Waals surface area contributed by atoms with Gasteiger partial charge >= 0.3 is 0 Å². The van der Waals surface area contributed by atoms with Gasteiger partial charge in [-0.1, -0.05) is 11.2 Å². The average Bonchev–Trinajstić information content (AvgIpc) is 3.21. The van der Waals surface area contributed by atoms with Crippen LogP contribution in [-0.4, -0.2) is 46.3 Å². The molecule has 8 heteroatoms. The Labute approximate surface area is 186 Å². The number of hydrogen-bond donors (Lipinski definition) is 1. The first-order valence-electron chi connectivity index (χ1n) is 10.4. The molecule has 0 spiro atoms. The second kappa shape index (κ2) is 10.8. The maximum atomic E-state index is 8.87. The van der Waals surface area contributed by atoms with Gasteiger partial charge in [0.05, 0.1) is 23.5 Å². The first kappa shape index (κ1) is 21.2. The third-order valence-corrected chi connectivity index (χ3v) is 4.94. The summed E-state index contributed by atoms with van der Waals surface area (Å²) in [5, 5.41) is 16.2. The summed E-state index contributed by atoms with van der Waals surface area (Å²) in [6.07, 6.45) is 8.32. The predicted octanol–water partition coefficient (Wildman–Crippen LogP) is 3.55. The number of pyridine rings is 2. The molecule has 4 aromatic rings. The molecule has 1 aliphatic rings. The number of anilines is 1. The quantitative estimate of drug-likeness (QED) is 0.531. The van der Waals surface area contributed by atoms with Crippen molar-refractivity contribution in [2.45, 2.75) is 6.42 Å². The van der Waals surface area contributed by atoms with Gasteiger partial charge in [0.2, 0.25) is 5.82 Å². The fraction of sp³-hybridized carbons (Fsp3) is 0.208. The normalized spacial score (nSPS) is 13.4. The number of nitrogens with zero attached hydrogens (tertiary/aromatic N) is 6. The fourth-order valence-corrected chi connectivity index (χ4v) is 3.32. The van der Waals surface area contributed by atoms with E-state index in [1.807, 2.05) is 36.7 Å². The first-order valence-corrected chi connectivity index (χ1v) is 10.4. The monoisotopic (exact) mass is 425 g/mol. The molecule has 0 unspecified atom stereocenters. The molecular weight excluding hydrogens is 402 g/mol. The Hall–Kier alpha value is -4.09. The van der Waals surface area contributed by atoms with E-state index < -0.39 is 0 Å². The molecule has 0 amide bonds. The number of aromatic nitrogens is 4. The molecule has 1 fully saturated rings. The van der Waals surface area contributed by atoms with E-state index in [-0.39, 0.29) is 0 Å². The molecule has 0 radical (unpaired) electrons. The zero-order chi connectivity index (χ0) is 22.0. The summed E-state index contributed by atoms with van der Waals surface area (Å²) in [5.74, 6) is 0.862. The van der Waals surface area contributed by atoms with Crippen molar-refractivity contribution in [1.29, 1.82) is 5.26 Å². The Balaban J connectivity index is 0.000000165. The number of benzene rings is 1. The summed E-state index contributed by atoms with van der Waals surface area (Å²) in [5.41, 5.74) is 3.31. The zero-order valence-electron chi connectivity index (χ0n) is 17.6. The van der Waals surface area contributed by atoms with Crippen molar-refractivity contribution in [3.8, 4) is 28.9 Å². The second-order valence-corrected chi connectivity index (χ2v) is 7.16. The van der Waals surface area contributed by atoms with Crippen LogP contribution in [0.5, 0.6) is 0 Å². The Bertz CT molecular complexity index is 1150. The summed E-state index contributed by atoms with van der Waals surface area (Å²) in [6, 6.07) is 16.9. The lowest BCUT2D eigenvalue weighted by atomic mass is 10.1. The number of hydrogen-bond acceptors (Lipinski definition) is 8.